The normalized spacial score (nSPS) is 11.2. The van der Waals surface area contributed by atoms with Crippen LogP contribution in [-0.2, 0) is 16.0 Å². The van der Waals surface area contributed by atoms with Gasteiger partial charge in [-0.25, -0.2) is 4.98 Å². The molecule has 1 aromatic rings. The molecule has 0 aromatic carbocycles. The number of carbonyl (C=O) groups is 1. The lowest BCUT2D eigenvalue weighted by Crippen LogP contribution is -2.24. The second-order valence-corrected chi connectivity index (χ2v) is 4.64. The summed E-state index contributed by atoms with van der Waals surface area (Å²) in [6.45, 7) is 5.55. The first-order valence-electron chi connectivity index (χ1n) is 5.30. The molecule has 0 aliphatic rings. The Morgan fingerprint density at radius 3 is 2.69 bits per heavy atom. The smallest absolute Gasteiger partial charge is 0.306 e. The SMILES string of the molecule is CC(C)(C)OC(=O)CCc1cccc(N)n1. The predicted molar refractivity (Wildman–Crippen MR) is 62.8 cm³/mol. The summed E-state index contributed by atoms with van der Waals surface area (Å²) in [5.74, 6) is 0.262. The summed E-state index contributed by atoms with van der Waals surface area (Å²) in [7, 11) is 0. The van der Waals surface area contributed by atoms with E-state index in [1.165, 1.54) is 0 Å². The molecule has 4 nitrogen and oxygen atoms in total. The van der Waals surface area contributed by atoms with Gasteiger partial charge in [-0.3, -0.25) is 4.79 Å². The maximum absolute atomic E-state index is 11.4. The molecule has 0 saturated heterocycles. The first-order chi connectivity index (χ1) is 7.37. The number of anilines is 1. The van der Waals surface area contributed by atoms with Gasteiger partial charge in [-0.15, -0.1) is 0 Å². The molecule has 16 heavy (non-hydrogen) atoms. The largest absolute Gasteiger partial charge is 0.460 e. The summed E-state index contributed by atoms with van der Waals surface area (Å²) in [6, 6.07) is 5.39. The zero-order valence-electron chi connectivity index (χ0n) is 9.99. The van der Waals surface area contributed by atoms with Crippen LogP contribution in [0.1, 0.15) is 32.9 Å². The molecular formula is C12H18N2O2. The molecule has 0 bridgehead atoms. The molecule has 88 valence electrons. The molecule has 0 spiro atoms. The second kappa shape index (κ2) is 4.96. The number of nitrogen functional groups attached to an aromatic ring is 1. The third kappa shape index (κ3) is 4.77. The Hall–Kier alpha value is -1.58. The Morgan fingerprint density at radius 2 is 2.12 bits per heavy atom. The molecule has 4 heteroatoms. The van der Waals surface area contributed by atoms with Crippen LogP contribution in [0, 0.1) is 0 Å². The zero-order valence-corrected chi connectivity index (χ0v) is 9.99. The van der Waals surface area contributed by atoms with Crippen LogP contribution in [0.5, 0.6) is 0 Å². The molecule has 2 N–H and O–H groups in total. The lowest BCUT2D eigenvalue weighted by Gasteiger charge is -2.19. The van der Waals surface area contributed by atoms with E-state index in [2.05, 4.69) is 4.98 Å². The number of nitrogens with two attached hydrogens (primary N) is 1. The van der Waals surface area contributed by atoms with Crippen molar-refractivity contribution in [2.24, 2.45) is 0 Å². The van der Waals surface area contributed by atoms with Crippen molar-refractivity contribution >= 4 is 11.8 Å². The van der Waals surface area contributed by atoms with E-state index < -0.39 is 5.60 Å². The number of aromatic nitrogens is 1. The van der Waals surface area contributed by atoms with Crippen LogP contribution in [0.2, 0.25) is 0 Å². The highest BCUT2D eigenvalue weighted by Gasteiger charge is 2.15. The van der Waals surface area contributed by atoms with Crippen LogP contribution in [0.15, 0.2) is 18.2 Å². The van der Waals surface area contributed by atoms with Gasteiger partial charge in [0.2, 0.25) is 0 Å². The number of aryl methyl sites for hydroxylation is 1. The summed E-state index contributed by atoms with van der Waals surface area (Å²) in [6.07, 6.45) is 0.883. The Bertz CT molecular complexity index is 370. The highest BCUT2D eigenvalue weighted by molar-refractivity contribution is 5.70. The predicted octanol–water partition coefficient (Wildman–Crippen LogP) is 1.94. The summed E-state index contributed by atoms with van der Waals surface area (Å²) >= 11 is 0. The van der Waals surface area contributed by atoms with Gasteiger partial charge in [0, 0.05) is 12.1 Å². The third-order valence-electron chi connectivity index (χ3n) is 1.83. The molecule has 0 aliphatic heterocycles. The zero-order chi connectivity index (χ0) is 12.2. The van der Waals surface area contributed by atoms with Crippen molar-refractivity contribution in [3.8, 4) is 0 Å². The minimum Gasteiger partial charge on any atom is -0.460 e. The van der Waals surface area contributed by atoms with Crippen molar-refractivity contribution in [2.45, 2.75) is 39.2 Å². The number of carbonyl (C=O) groups excluding carboxylic acids is 1. The Kier molecular flexibility index (Phi) is 3.88. The molecular weight excluding hydrogens is 204 g/mol. The van der Waals surface area contributed by atoms with E-state index in [0.29, 0.717) is 18.7 Å². The molecule has 1 heterocycles. The van der Waals surface area contributed by atoms with Crippen LogP contribution in [0.25, 0.3) is 0 Å². The van der Waals surface area contributed by atoms with Gasteiger partial charge in [0.1, 0.15) is 11.4 Å². The summed E-state index contributed by atoms with van der Waals surface area (Å²) < 4.78 is 5.19. The molecule has 1 rings (SSSR count). The number of rotatable bonds is 3. The van der Waals surface area contributed by atoms with Gasteiger partial charge in [-0.2, -0.15) is 0 Å². The van der Waals surface area contributed by atoms with Crippen molar-refractivity contribution in [1.29, 1.82) is 0 Å². The van der Waals surface area contributed by atoms with Crippen molar-refractivity contribution < 1.29 is 9.53 Å². The standard InChI is InChI=1S/C12H18N2O2/c1-12(2,3)16-11(15)8-7-9-5-4-6-10(13)14-9/h4-6H,7-8H2,1-3H3,(H2,13,14). The molecule has 0 aliphatic carbocycles. The fourth-order valence-electron chi connectivity index (χ4n) is 1.26. The summed E-state index contributed by atoms with van der Waals surface area (Å²) in [4.78, 5) is 15.5. The van der Waals surface area contributed by atoms with Gasteiger partial charge in [0.25, 0.3) is 0 Å². The number of ether oxygens (including phenoxy) is 1. The van der Waals surface area contributed by atoms with E-state index in [1.54, 1.807) is 6.07 Å². The monoisotopic (exact) mass is 222 g/mol. The van der Waals surface area contributed by atoms with Crippen molar-refractivity contribution in [2.75, 3.05) is 5.73 Å². The van der Waals surface area contributed by atoms with Gasteiger partial charge in [0.15, 0.2) is 0 Å². The molecule has 1 aromatic heterocycles. The van der Waals surface area contributed by atoms with Crippen LogP contribution in [0.4, 0.5) is 5.82 Å². The highest BCUT2D eigenvalue weighted by Crippen LogP contribution is 2.10. The molecule has 0 radical (unpaired) electrons. The average molecular weight is 222 g/mol. The van der Waals surface area contributed by atoms with Crippen molar-refractivity contribution in [3.63, 3.8) is 0 Å². The Morgan fingerprint density at radius 1 is 1.44 bits per heavy atom. The molecule has 0 amide bonds. The van der Waals surface area contributed by atoms with Gasteiger partial charge >= 0.3 is 5.97 Å². The molecule has 0 unspecified atom stereocenters. The summed E-state index contributed by atoms with van der Waals surface area (Å²) in [5, 5.41) is 0. The minimum absolute atomic E-state index is 0.211. The second-order valence-electron chi connectivity index (χ2n) is 4.64. The van der Waals surface area contributed by atoms with E-state index in [9.17, 15) is 4.79 Å². The maximum Gasteiger partial charge on any atom is 0.306 e. The van der Waals surface area contributed by atoms with E-state index >= 15 is 0 Å². The highest BCUT2D eigenvalue weighted by atomic mass is 16.6. The van der Waals surface area contributed by atoms with Crippen molar-refractivity contribution in [3.05, 3.63) is 23.9 Å². The minimum atomic E-state index is -0.430. The lowest BCUT2D eigenvalue weighted by atomic mass is 10.2. The van der Waals surface area contributed by atoms with Crippen LogP contribution in [-0.4, -0.2) is 16.6 Å². The average Bonchev–Trinajstić information content (AvgIpc) is 2.12. The number of nitrogens with zero attached hydrogens (tertiary/aromatic N) is 1. The van der Waals surface area contributed by atoms with Gasteiger partial charge in [-0.05, 0) is 32.9 Å². The van der Waals surface area contributed by atoms with E-state index in [4.69, 9.17) is 10.5 Å². The number of pyridine rings is 1. The molecule has 0 fully saturated rings. The fourth-order valence-corrected chi connectivity index (χ4v) is 1.26. The van der Waals surface area contributed by atoms with Gasteiger partial charge < -0.3 is 10.5 Å². The first kappa shape index (κ1) is 12.5. The fraction of sp³-hybridized carbons (Fsp3) is 0.500. The maximum atomic E-state index is 11.4. The van der Waals surface area contributed by atoms with Crippen LogP contribution < -0.4 is 5.73 Å². The topological polar surface area (TPSA) is 65.2 Å². The Labute approximate surface area is 95.8 Å². The first-order valence-corrected chi connectivity index (χ1v) is 5.30. The number of esters is 1. The third-order valence-corrected chi connectivity index (χ3v) is 1.83. The Balaban J connectivity index is 2.43. The van der Waals surface area contributed by atoms with Gasteiger partial charge in [0.05, 0.1) is 6.42 Å². The quantitative estimate of drug-likeness (QED) is 0.794. The van der Waals surface area contributed by atoms with E-state index in [0.717, 1.165) is 5.69 Å². The van der Waals surface area contributed by atoms with E-state index in [-0.39, 0.29) is 5.97 Å². The van der Waals surface area contributed by atoms with Crippen LogP contribution in [0.3, 0.4) is 0 Å². The number of hydrogen-bond acceptors (Lipinski definition) is 4. The van der Waals surface area contributed by atoms with Crippen molar-refractivity contribution in [1.82, 2.24) is 4.98 Å². The number of hydrogen-bond donors (Lipinski definition) is 1. The molecule has 0 saturated carbocycles. The van der Waals surface area contributed by atoms with Crippen LogP contribution >= 0.6 is 0 Å². The van der Waals surface area contributed by atoms with Gasteiger partial charge in [-0.1, -0.05) is 6.07 Å². The van der Waals surface area contributed by atoms with E-state index in [1.807, 2.05) is 32.9 Å². The lowest BCUT2D eigenvalue weighted by molar-refractivity contribution is -0.154. The molecule has 0 atom stereocenters. The summed E-state index contributed by atoms with van der Waals surface area (Å²) in [5.41, 5.74) is 5.92.